The van der Waals surface area contributed by atoms with E-state index in [0.717, 1.165) is 135 Å². The van der Waals surface area contributed by atoms with Gasteiger partial charge in [0, 0.05) is 19.3 Å². The summed E-state index contributed by atoms with van der Waals surface area (Å²) in [5.41, 5.74) is 0. The maximum absolute atomic E-state index is 12.9. The van der Waals surface area contributed by atoms with E-state index in [-0.39, 0.29) is 31.1 Å². The lowest BCUT2D eigenvalue weighted by Crippen LogP contribution is -2.30. The highest BCUT2D eigenvalue weighted by Gasteiger charge is 2.19. The van der Waals surface area contributed by atoms with Crippen LogP contribution in [0.5, 0.6) is 0 Å². The van der Waals surface area contributed by atoms with Crippen molar-refractivity contribution >= 4 is 17.9 Å². The zero-order chi connectivity index (χ0) is 50.0. The first-order valence-corrected chi connectivity index (χ1v) is 28.4. The van der Waals surface area contributed by atoms with E-state index in [1.807, 2.05) is 0 Å². The van der Waals surface area contributed by atoms with Crippen LogP contribution in [-0.2, 0) is 28.6 Å². The molecule has 69 heavy (non-hydrogen) atoms. The van der Waals surface area contributed by atoms with E-state index in [4.69, 9.17) is 14.2 Å². The van der Waals surface area contributed by atoms with E-state index in [0.29, 0.717) is 19.3 Å². The maximum Gasteiger partial charge on any atom is 0.306 e. The molecular formula is C63H104O6. The van der Waals surface area contributed by atoms with Crippen molar-refractivity contribution in [3.05, 3.63) is 109 Å². The molecule has 0 spiro atoms. The summed E-state index contributed by atoms with van der Waals surface area (Å²) in [6.07, 6.45) is 76.4. The fourth-order valence-corrected chi connectivity index (χ4v) is 7.54. The third-order valence-electron chi connectivity index (χ3n) is 11.7. The molecule has 0 amide bonds. The zero-order valence-electron chi connectivity index (χ0n) is 44.8. The fourth-order valence-electron chi connectivity index (χ4n) is 7.54. The van der Waals surface area contributed by atoms with Gasteiger partial charge in [0.25, 0.3) is 0 Å². The van der Waals surface area contributed by atoms with E-state index < -0.39 is 6.10 Å². The minimum atomic E-state index is -0.804. The smallest absolute Gasteiger partial charge is 0.306 e. The second-order valence-electron chi connectivity index (χ2n) is 18.4. The molecule has 0 radical (unpaired) electrons. The lowest BCUT2D eigenvalue weighted by atomic mass is 10.1. The van der Waals surface area contributed by atoms with Gasteiger partial charge in [0.1, 0.15) is 13.2 Å². The Labute approximate surface area is 425 Å². The van der Waals surface area contributed by atoms with Crippen molar-refractivity contribution in [3.63, 3.8) is 0 Å². The van der Waals surface area contributed by atoms with Gasteiger partial charge in [-0.05, 0) is 122 Å². The first-order valence-electron chi connectivity index (χ1n) is 28.4. The normalized spacial score (nSPS) is 12.9. The summed E-state index contributed by atoms with van der Waals surface area (Å²) >= 11 is 0. The van der Waals surface area contributed by atoms with Crippen LogP contribution in [0.15, 0.2) is 109 Å². The molecule has 0 aromatic heterocycles. The van der Waals surface area contributed by atoms with Crippen LogP contribution in [-0.4, -0.2) is 37.2 Å². The fraction of sp³-hybridized carbons (Fsp3) is 0.667. The summed E-state index contributed by atoms with van der Waals surface area (Å²) in [5.74, 6) is -0.953. The van der Waals surface area contributed by atoms with Gasteiger partial charge in [0.15, 0.2) is 6.10 Å². The molecule has 0 aliphatic rings. The molecule has 392 valence electrons. The molecule has 0 bridgehead atoms. The molecule has 0 saturated carbocycles. The minimum absolute atomic E-state index is 0.101. The van der Waals surface area contributed by atoms with Crippen molar-refractivity contribution in [2.75, 3.05) is 13.2 Å². The molecule has 6 nitrogen and oxygen atoms in total. The van der Waals surface area contributed by atoms with E-state index in [1.54, 1.807) is 0 Å². The summed E-state index contributed by atoms with van der Waals surface area (Å²) in [4.78, 5) is 38.2. The average Bonchev–Trinajstić information content (AvgIpc) is 3.35. The monoisotopic (exact) mass is 957 g/mol. The van der Waals surface area contributed by atoms with Crippen molar-refractivity contribution < 1.29 is 28.6 Å². The van der Waals surface area contributed by atoms with Crippen LogP contribution in [0.3, 0.4) is 0 Å². The Hall–Kier alpha value is -3.93. The van der Waals surface area contributed by atoms with Crippen molar-refractivity contribution in [1.29, 1.82) is 0 Å². The van der Waals surface area contributed by atoms with Crippen LogP contribution >= 0.6 is 0 Å². The highest BCUT2D eigenvalue weighted by atomic mass is 16.6. The van der Waals surface area contributed by atoms with Gasteiger partial charge in [0.05, 0.1) is 0 Å². The van der Waals surface area contributed by atoms with Crippen LogP contribution in [0.4, 0.5) is 0 Å². The van der Waals surface area contributed by atoms with Crippen LogP contribution in [0.1, 0.15) is 252 Å². The Bertz CT molecular complexity index is 1420. The molecule has 0 rings (SSSR count). The molecule has 1 unspecified atom stereocenters. The number of unbranched alkanes of at least 4 members (excludes halogenated alkanes) is 21. The maximum atomic E-state index is 12.9. The van der Waals surface area contributed by atoms with Crippen molar-refractivity contribution in [2.24, 2.45) is 0 Å². The van der Waals surface area contributed by atoms with Crippen molar-refractivity contribution in [2.45, 2.75) is 258 Å². The van der Waals surface area contributed by atoms with Gasteiger partial charge in [-0.1, -0.05) is 220 Å². The second kappa shape index (κ2) is 56.7. The Balaban J connectivity index is 4.49. The highest BCUT2D eigenvalue weighted by molar-refractivity contribution is 5.71. The Morgan fingerprint density at radius 1 is 0.304 bits per heavy atom. The number of hydrogen-bond donors (Lipinski definition) is 0. The Kier molecular flexibility index (Phi) is 53.4. The number of ether oxygens (including phenoxy) is 3. The molecule has 0 saturated heterocycles. The van der Waals surface area contributed by atoms with Crippen molar-refractivity contribution in [3.8, 4) is 0 Å². The van der Waals surface area contributed by atoms with Gasteiger partial charge in [-0.3, -0.25) is 14.4 Å². The average molecular weight is 958 g/mol. The highest BCUT2D eigenvalue weighted by Crippen LogP contribution is 2.14. The quantitative estimate of drug-likeness (QED) is 0.0262. The van der Waals surface area contributed by atoms with Crippen LogP contribution in [0.2, 0.25) is 0 Å². The molecule has 0 heterocycles. The van der Waals surface area contributed by atoms with Gasteiger partial charge in [0.2, 0.25) is 0 Å². The molecule has 0 N–H and O–H groups in total. The number of carbonyl (C=O) groups is 3. The number of hydrogen-bond acceptors (Lipinski definition) is 6. The third-order valence-corrected chi connectivity index (χ3v) is 11.7. The van der Waals surface area contributed by atoms with E-state index in [1.165, 1.54) is 77.0 Å². The van der Waals surface area contributed by atoms with Crippen molar-refractivity contribution in [1.82, 2.24) is 0 Å². The van der Waals surface area contributed by atoms with Crippen LogP contribution in [0, 0.1) is 0 Å². The molecule has 0 fully saturated rings. The second-order valence-corrected chi connectivity index (χ2v) is 18.4. The van der Waals surface area contributed by atoms with Gasteiger partial charge in [-0.25, -0.2) is 0 Å². The van der Waals surface area contributed by atoms with Gasteiger partial charge < -0.3 is 14.2 Å². The standard InChI is InChI=1S/C63H104O6/c1-4-7-10-13-16-19-22-25-28-30-31-33-35-38-41-44-47-50-53-56-62(65)68-59-60(58-67-61(64)55-52-49-46-43-40-37-34-27-24-21-18-15-12-9-6-3)69-63(66)57-54-51-48-45-42-39-36-32-29-26-23-20-17-14-11-8-5-2/h7,9-10,12,16,18-19,21,25-29,31,33-34,38,41,60H,4-6,8,11,13-15,17,20,22-24,30,32,35-37,39-40,42-59H2,1-3H3/b10-7-,12-9-,19-16-,21-18-,28-25-,29-26-,33-31-,34-27-,41-38-. The van der Waals surface area contributed by atoms with Crippen LogP contribution < -0.4 is 0 Å². The minimum Gasteiger partial charge on any atom is -0.462 e. The topological polar surface area (TPSA) is 78.9 Å². The lowest BCUT2D eigenvalue weighted by molar-refractivity contribution is -0.167. The molecule has 0 aromatic carbocycles. The van der Waals surface area contributed by atoms with Gasteiger partial charge >= 0.3 is 17.9 Å². The summed E-state index contributed by atoms with van der Waals surface area (Å²) in [7, 11) is 0. The predicted octanol–water partition coefficient (Wildman–Crippen LogP) is 19.1. The molecule has 6 heteroatoms. The molecule has 0 aromatic rings. The summed E-state index contributed by atoms with van der Waals surface area (Å²) in [6, 6.07) is 0. The number of allylic oxidation sites excluding steroid dienone is 18. The largest absolute Gasteiger partial charge is 0.462 e. The Morgan fingerprint density at radius 2 is 0.565 bits per heavy atom. The lowest BCUT2D eigenvalue weighted by Gasteiger charge is -2.18. The first-order chi connectivity index (χ1) is 34.0. The Morgan fingerprint density at radius 3 is 0.913 bits per heavy atom. The SMILES string of the molecule is CC/C=C\C/C=C\C/C=C\C/C=C\C/C=C\CCCCCC(=O)OCC(COC(=O)CCCCCCC/C=C\C/C=C\C/C=C\CC)OC(=O)CCCCCCCCC/C=C\CCCCCCCC. The zero-order valence-corrected chi connectivity index (χ0v) is 44.8. The van der Waals surface area contributed by atoms with Gasteiger partial charge in [-0.15, -0.1) is 0 Å². The molecule has 0 aliphatic carbocycles. The number of rotatable bonds is 50. The van der Waals surface area contributed by atoms with Gasteiger partial charge in [-0.2, -0.15) is 0 Å². The number of esters is 3. The molecular weight excluding hydrogens is 853 g/mol. The molecule has 1 atom stereocenters. The van der Waals surface area contributed by atoms with Crippen LogP contribution in [0.25, 0.3) is 0 Å². The predicted molar refractivity (Wildman–Crippen MR) is 297 cm³/mol. The first kappa shape index (κ1) is 65.1. The summed E-state index contributed by atoms with van der Waals surface area (Å²) in [6.45, 7) is 6.36. The third kappa shape index (κ3) is 54.9. The van der Waals surface area contributed by atoms with E-state index >= 15 is 0 Å². The summed E-state index contributed by atoms with van der Waals surface area (Å²) < 4.78 is 16.8. The molecule has 0 aliphatic heterocycles. The van der Waals surface area contributed by atoms with E-state index in [2.05, 4.69) is 130 Å². The van der Waals surface area contributed by atoms with E-state index in [9.17, 15) is 14.4 Å². The number of carbonyl (C=O) groups excluding carboxylic acids is 3. The summed E-state index contributed by atoms with van der Waals surface area (Å²) in [5, 5.41) is 0.